The number of ether oxygens (including phenoxy) is 1. The number of carbonyl (C=O) groups excluding carboxylic acids is 1. The molecular weight excluding hydrogens is 288 g/mol. The molecule has 3 rings (SSSR count). The summed E-state index contributed by atoms with van der Waals surface area (Å²) in [4.78, 5) is 27.3. The number of aliphatic hydroxyl groups excluding tert-OH is 1. The Morgan fingerprint density at radius 1 is 1.32 bits per heavy atom. The van der Waals surface area contributed by atoms with E-state index in [2.05, 4.69) is 4.98 Å². The summed E-state index contributed by atoms with van der Waals surface area (Å²) in [5.41, 5.74) is -0.363. The van der Waals surface area contributed by atoms with E-state index in [0.29, 0.717) is 16.5 Å². The average molecular weight is 300 g/mol. The van der Waals surface area contributed by atoms with Gasteiger partial charge in [0.1, 0.15) is 0 Å². The van der Waals surface area contributed by atoms with E-state index in [1.807, 2.05) is 11.4 Å². The number of nitrogens with zero attached hydrogens (tertiary/aromatic N) is 1. The lowest BCUT2D eigenvalue weighted by molar-refractivity contribution is -0.131. The van der Waals surface area contributed by atoms with Crippen molar-refractivity contribution in [3.63, 3.8) is 0 Å². The molecule has 0 aliphatic carbocycles. The van der Waals surface area contributed by atoms with Crippen LogP contribution in [0.25, 0.3) is 10.9 Å². The maximum absolute atomic E-state index is 12.4. The van der Waals surface area contributed by atoms with Crippen LogP contribution in [-0.4, -0.2) is 27.1 Å². The van der Waals surface area contributed by atoms with E-state index in [0.717, 1.165) is 0 Å². The predicted octanol–water partition coefficient (Wildman–Crippen LogP) is 2.04. The zero-order valence-electron chi connectivity index (χ0n) is 11.5. The Kier molecular flexibility index (Phi) is 2.98. The summed E-state index contributed by atoms with van der Waals surface area (Å²) in [5, 5.41) is 21.1. The number of amides is 1. The van der Waals surface area contributed by atoms with Gasteiger partial charge in [0.2, 0.25) is 11.6 Å². The normalized spacial score (nSPS) is 21.0. The first-order valence-corrected chi connectivity index (χ1v) is 6.44. The fourth-order valence-electron chi connectivity index (χ4n) is 2.50. The summed E-state index contributed by atoms with van der Waals surface area (Å²) in [7, 11) is 0. The molecule has 1 amide bonds. The highest BCUT2D eigenvalue weighted by Gasteiger charge is 2.49. The summed E-state index contributed by atoms with van der Waals surface area (Å²) in [5.74, 6) is -1.93. The Labute approximate surface area is 124 Å². The van der Waals surface area contributed by atoms with E-state index >= 15 is 0 Å². The smallest absolute Gasteiger partial charge is 0.411 e. The van der Waals surface area contributed by atoms with E-state index in [-0.39, 0.29) is 0 Å². The number of benzene rings is 1. The number of Topliss-reactive ketones (excluding diaryl/α,β-unsaturated/α-hetero) is 1. The highest BCUT2D eigenvalue weighted by molar-refractivity contribution is 6.05. The number of nitrogens with one attached hydrogen (secondary N) is 1. The van der Waals surface area contributed by atoms with Gasteiger partial charge in [-0.25, -0.2) is 4.79 Å². The molecular formula is C15H12N2O5. The van der Waals surface area contributed by atoms with Crippen LogP contribution >= 0.6 is 0 Å². The Balaban J connectivity index is 2.12. The molecule has 7 heteroatoms. The molecule has 0 saturated heterocycles. The van der Waals surface area contributed by atoms with Crippen molar-refractivity contribution in [3.8, 4) is 0 Å². The monoisotopic (exact) mass is 300 g/mol. The number of hydrogen-bond donors (Lipinski definition) is 3. The molecule has 2 heterocycles. The van der Waals surface area contributed by atoms with Gasteiger partial charge >= 0.3 is 6.09 Å². The number of para-hydroxylation sites is 1. The number of carboxylic acid groups (broad SMARTS) is 1. The van der Waals surface area contributed by atoms with Gasteiger partial charge in [0.25, 0.3) is 5.78 Å². The Hall–Kier alpha value is -3.09. The van der Waals surface area contributed by atoms with Crippen LogP contribution in [0.3, 0.4) is 0 Å². The Morgan fingerprint density at radius 3 is 2.77 bits per heavy atom. The predicted molar refractivity (Wildman–Crippen MR) is 76.0 cm³/mol. The van der Waals surface area contributed by atoms with E-state index in [1.165, 1.54) is 13.1 Å². The van der Waals surface area contributed by atoms with E-state index in [9.17, 15) is 14.7 Å². The molecule has 3 N–H and O–H groups in total. The third-order valence-corrected chi connectivity index (χ3v) is 3.55. The SMILES string of the molecule is CC1(c2ccnc3ccccc23)OC(NC(=O)O)=C(O)C1=O. The minimum absolute atomic E-state index is 0.471. The second-order valence-corrected chi connectivity index (χ2v) is 4.95. The largest absolute Gasteiger partial charge is 0.501 e. The summed E-state index contributed by atoms with van der Waals surface area (Å²) < 4.78 is 5.44. The maximum Gasteiger partial charge on any atom is 0.411 e. The van der Waals surface area contributed by atoms with Gasteiger partial charge in [-0.1, -0.05) is 18.2 Å². The van der Waals surface area contributed by atoms with Gasteiger partial charge in [-0.2, -0.15) is 0 Å². The van der Waals surface area contributed by atoms with Crippen LogP contribution in [0.1, 0.15) is 12.5 Å². The number of hydrogen-bond acceptors (Lipinski definition) is 5. The summed E-state index contributed by atoms with van der Waals surface area (Å²) >= 11 is 0. The van der Waals surface area contributed by atoms with Gasteiger partial charge in [-0.05, 0) is 19.1 Å². The van der Waals surface area contributed by atoms with Crippen LogP contribution in [0.15, 0.2) is 48.2 Å². The van der Waals surface area contributed by atoms with Crippen LogP contribution in [0, 0.1) is 0 Å². The zero-order valence-corrected chi connectivity index (χ0v) is 11.5. The van der Waals surface area contributed by atoms with Crippen molar-refractivity contribution < 1.29 is 24.5 Å². The summed E-state index contributed by atoms with van der Waals surface area (Å²) in [6, 6.07) is 8.77. The van der Waals surface area contributed by atoms with Crippen LogP contribution in [0.5, 0.6) is 0 Å². The molecule has 1 aromatic carbocycles. The number of fused-ring (bicyclic) bond motifs is 1. The number of carbonyl (C=O) groups is 2. The molecule has 0 bridgehead atoms. The lowest BCUT2D eigenvalue weighted by Crippen LogP contribution is -2.32. The minimum atomic E-state index is -1.52. The molecule has 22 heavy (non-hydrogen) atoms. The number of aromatic nitrogens is 1. The third kappa shape index (κ3) is 1.95. The fourth-order valence-corrected chi connectivity index (χ4v) is 2.50. The van der Waals surface area contributed by atoms with Crippen molar-refractivity contribution >= 4 is 22.8 Å². The van der Waals surface area contributed by atoms with Crippen LogP contribution in [-0.2, 0) is 15.1 Å². The van der Waals surface area contributed by atoms with Crippen molar-refractivity contribution in [1.29, 1.82) is 0 Å². The topological polar surface area (TPSA) is 109 Å². The molecule has 1 unspecified atom stereocenters. The van der Waals surface area contributed by atoms with Gasteiger partial charge in [0, 0.05) is 17.1 Å². The van der Waals surface area contributed by atoms with E-state index < -0.39 is 29.1 Å². The van der Waals surface area contributed by atoms with Crippen LogP contribution in [0.4, 0.5) is 4.79 Å². The van der Waals surface area contributed by atoms with Gasteiger partial charge in [0.15, 0.2) is 5.60 Å². The number of aliphatic hydroxyl groups is 1. The Morgan fingerprint density at radius 2 is 2.05 bits per heavy atom. The first kappa shape index (κ1) is 13.9. The molecule has 1 aliphatic rings. The van der Waals surface area contributed by atoms with Crippen molar-refractivity contribution in [2.75, 3.05) is 0 Å². The molecule has 0 saturated carbocycles. The molecule has 0 radical (unpaired) electrons. The maximum atomic E-state index is 12.4. The molecule has 2 aromatic rings. The van der Waals surface area contributed by atoms with Crippen LogP contribution < -0.4 is 5.32 Å². The van der Waals surface area contributed by atoms with Crippen LogP contribution in [0.2, 0.25) is 0 Å². The minimum Gasteiger partial charge on any atom is -0.501 e. The zero-order chi connectivity index (χ0) is 15.9. The molecule has 0 spiro atoms. The van der Waals surface area contributed by atoms with E-state index in [4.69, 9.17) is 9.84 Å². The quantitative estimate of drug-likeness (QED) is 0.783. The Bertz CT molecular complexity index is 824. The third-order valence-electron chi connectivity index (χ3n) is 3.55. The molecule has 112 valence electrons. The lowest BCUT2D eigenvalue weighted by atomic mass is 9.89. The average Bonchev–Trinajstić information content (AvgIpc) is 2.71. The number of pyridine rings is 1. The van der Waals surface area contributed by atoms with E-state index in [1.54, 1.807) is 24.3 Å². The fraction of sp³-hybridized carbons (Fsp3) is 0.133. The highest BCUT2D eigenvalue weighted by atomic mass is 16.5. The molecule has 1 aliphatic heterocycles. The molecule has 0 fully saturated rings. The standard InChI is InChI=1S/C15H12N2O5/c1-15(12(19)11(18)13(22-15)17-14(20)21)9-6-7-16-10-5-3-2-4-8(9)10/h2-7,17-18H,1H3,(H,20,21). The summed E-state index contributed by atoms with van der Waals surface area (Å²) in [6.45, 7) is 1.48. The van der Waals surface area contributed by atoms with Crippen molar-refractivity contribution in [1.82, 2.24) is 10.3 Å². The summed E-state index contributed by atoms with van der Waals surface area (Å²) in [6.07, 6.45) is 0.0948. The number of rotatable bonds is 2. The first-order chi connectivity index (χ1) is 10.4. The molecule has 1 aromatic heterocycles. The van der Waals surface area contributed by atoms with Gasteiger partial charge in [-0.15, -0.1) is 0 Å². The second-order valence-electron chi connectivity index (χ2n) is 4.95. The lowest BCUT2D eigenvalue weighted by Gasteiger charge is -2.24. The van der Waals surface area contributed by atoms with Crippen molar-refractivity contribution in [2.24, 2.45) is 0 Å². The molecule has 1 atom stereocenters. The van der Waals surface area contributed by atoms with Gasteiger partial charge in [0.05, 0.1) is 5.52 Å². The number of ketones is 1. The van der Waals surface area contributed by atoms with Gasteiger partial charge < -0.3 is 14.9 Å². The van der Waals surface area contributed by atoms with Crippen molar-refractivity contribution in [3.05, 3.63) is 53.7 Å². The molecule has 7 nitrogen and oxygen atoms in total. The van der Waals surface area contributed by atoms with Crippen molar-refractivity contribution in [2.45, 2.75) is 12.5 Å². The van der Waals surface area contributed by atoms with Gasteiger partial charge in [-0.3, -0.25) is 15.1 Å². The first-order valence-electron chi connectivity index (χ1n) is 6.44. The second kappa shape index (κ2) is 4.73. The highest BCUT2D eigenvalue weighted by Crippen LogP contribution is 2.39.